The molecule has 0 saturated carbocycles. The predicted octanol–water partition coefficient (Wildman–Crippen LogP) is 4.11. The first kappa shape index (κ1) is 30.1. The molecule has 0 unspecified atom stereocenters. The Labute approximate surface area is 261 Å². The Hall–Kier alpha value is -4.92. The Kier molecular flexibility index (Phi) is 8.18. The topological polar surface area (TPSA) is 132 Å². The molecule has 1 amide bonds. The number of imidazole rings is 1. The van der Waals surface area contributed by atoms with Crippen molar-refractivity contribution in [3.8, 4) is 23.3 Å². The van der Waals surface area contributed by atoms with E-state index in [2.05, 4.69) is 16.0 Å². The number of nitrogen functional groups attached to an aromatic ring is 1. The number of rotatable bonds is 9. The van der Waals surface area contributed by atoms with Crippen molar-refractivity contribution in [3.05, 3.63) is 89.0 Å². The van der Waals surface area contributed by atoms with Crippen LogP contribution >= 0.6 is 0 Å². The highest BCUT2D eigenvalue weighted by atomic mass is 16.5. The number of amides is 1. The largest absolute Gasteiger partial charge is 0.457 e. The Bertz CT molecular complexity index is 1830. The third-order valence-corrected chi connectivity index (χ3v) is 8.90. The van der Waals surface area contributed by atoms with E-state index in [1.54, 1.807) is 56.6 Å². The van der Waals surface area contributed by atoms with Crippen LogP contribution in [-0.4, -0.2) is 74.3 Å². The highest BCUT2D eigenvalue weighted by molar-refractivity contribution is 5.98. The molecule has 6 rings (SSSR count). The number of aromatic nitrogens is 3. The lowest BCUT2D eigenvalue weighted by molar-refractivity contribution is -0.127. The van der Waals surface area contributed by atoms with Gasteiger partial charge in [-0.15, -0.1) is 0 Å². The molecule has 4 heterocycles. The smallest absolute Gasteiger partial charge is 0.333 e. The van der Waals surface area contributed by atoms with Crippen molar-refractivity contribution < 1.29 is 14.3 Å². The van der Waals surface area contributed by atoms with E-state index in [4.69, 9.17) is 15.2 Å². The van der Waals surface area contributed by atoms with Gasteiger partial charge >= 0.3 is 5.69 Å². The number of likely N-dealkylation sites (tertiary alicyclic amines) is 1. The second-order valence-electron chi connectivity index (χ2n) is 12.1. The van der Waals surface area contributed by atoms with Crippen molar-refractivity contribution in [2.75, 3.05) is 32.5 Å². The second-order valence-corrected chi connectivity index (χ2v) is 12.1. The molecule has 2 N–H and O–H groups in total. The van der Waals surface area contributed by atoms with Crippen molar-refractivity contribution in [3.63, 3.8) is 0 Å². The average Bonchev–Trinajstić information content (AvgIpc) is 3.59. The number of para-hydroxylation sites is 1. The Morgan fingerprint density at radius 3 is 2.53 bits per heavy atom. The fraction of sp³-hybridized carbons (Fsp3) is 0.353. The van der Waals surface area contributed by atoms with Crippen molar-refractivity contribution >= 4 is 22.8 Å². The van der Waals surface area contributed by atoms with Gasteiger partial charge in [-0.1, -0.05) is 18.2 Å². The SMILES string of the molecule is CN(C1COC1)C(C)(C)/C=C(/C#N)C(=O)N1CCC[C@H]1Cn1c(=O)n(-c2ccc(Oc3ccccc3)cc2)c2c(N)nccc21. The molecule has 1 atom stereocenters. The van der Waals surface area contributed by atoms with E-state index in [1.165, 1.54) is 0 Å². The molecular formula is C34H37N7O4. The molecule has 0 radical (unpaired) electrons. The number of benzene rings is 2. The summed E-state index contributed by atoms with van der Waals surface area (Å²) in [6, 6.07) is 20.5. The molecule has 2 aromatic heterocycles. The lowest BCUT2D eigenvalue weighted by atomic mass is 9.96. The molecule has 0 aliphatic carbocycles. The van der Waals surface area contributed by atoms with Crippen LogP contribution in [0.1, 0.15) is 26.7 Å². The van der Waals surface area contributed by atoms with E-state index in [1.807, 2.05) is 51.2 Å². The number of carbonyl (C=O) groups excluding carboxylic acids is 1. The number of fused-ring (bicyclic) bond motifs is 1. The molecule has 2 aliphatic rings. The number of anilines is 1. The number of nitrogens with zero attached hydrogens (tertiary/aromatic N) is 6. The molecular weight excluding hydrogens is 570 g/mol. The molecule has 232 valence electrons. The zero-order chi connectivity index (χ0) is 31.7. The molecule has 0 spiro atoms. The first-order chi connectivity index (χ1) is 21.7. The summed E-state index contributed by atoms with van der Waals surface area (Å²) in [6.45, 7) is 6.01. The normalized spacial score (nSPS) is 17.4. The summed E-state index contributed by atoms with van der Waals surface area (Å²) in [5.74, 6) is 1.24. The van der Waals surface area contributed by atoms with Crippen LogP contribution in [0.3, 0.4) is 0 Å². The van der Waals surface area contributed by atoms with E-state index in [-0.39, 0.29) is 41.6 Å². The summed E-state index contributed by atoms with van der Waals surface area (Å²) in [4.78, 5) is 36.0. The highest BCUT2D eigenvalue weighted by Crippen LogP contribution is 2.29. The van der Waals surface area contributed by atoms with Gasteiger partial charge in [-0.25, -0.2) is 9.78 Å². The lowest BCUT2D eigenvalue weighted by Gasteiger charge is -2.43. The van der Waals surface area contributed by atoms with Crippen molar-refractivity contribution in [1.29, 1.82) is 5.26 Å². The number of carbonyl (C=O) groups is 1. The van der Waals surface area contributed by atoms with Gasteiger partial charge in [-0.05, 0) is 82.3 Å². The summed E-state index contributed by atoms with van der Waals surface area (Å²) in [5, 5.41) is 10.0. The lowest BCUT2D eigenvalue weighted by Crippen LogP contribution is -2.55. The van der Waals surface area contributed by atoms with Gasteiger partial charge in [-0.2, -0.15) is 5.26 Å². The number of hydrogen-bond donors (Lipinski definition) is 1. The monoisotopic (exact) mass is 607 g/mol. The molecule has 2 aliphatic heterocycles. The minimum absolute atomic E-state index is 0.0972. The van der Waals surface area contributed by atoms with Gasteiger partial charge in [0.25, 0.3) is 5.91 Å². The van der Waals surface area contributed by atoms with E-state index in [0.717, 1.165) is 6.42 Å². The number of ether oxygens (including phenoxy) is 2. The van der Waals surface area contributed by atoms with Gasteiger partial charge in [-0.3, -0.25) is 18.8 Å². The van der Waals surface area contributed by atoms with E-state index >= 15 is 0 Å². The van der Waals surface area contributed by atoms with Gasteiger partial charge in [0.05, 0.1) is 36.5 Å². The van der Waals surface area contributed by atoms with Gasteiger partial charge < -0.3 is 20.1 Å². The number of likely N-dealkylation sites (N-methyl/N-ethyl adjacent to an activating group) is 1. The molecule has 4 aromatic rings. The molecule has 11 heteroatoms. The van der Waals surface area contributed by atoms with Gasteiger partial charge in [0.15, 0.2) is 0 Å². The molecule has 45 heavy (non-hydrogen) atoms. The Balaban J connectivity index is 1.29. The average molecular weight is 608 g/mol. The van der Waals surface area contributed by atoms with Crippen LogP contribution in [0, 0.1) is 11.3 Å². The third kappa shape index (κ3) is 5.82. The highest BCUT2D eigenvalue weighted by Gasteiger charge is 2.36. The van der Waals surface area contributed by atoms with Gasteiger partial charge in [0.1, 0.15) is 34.5 Å². The zero-order valence-electron chi connectivity index (χ0n) is 25.7. The van der Waals surface area contributed by atoms with Crippen LogP contribution in [0.5, 0.6) is 11.5 Å². The zero-order valence-corrected chi connectivity index (χ0v) is 25.7. The van der Waals surface area contributed by atoms with Crippen LogP contribution in [0.15, 0.2) is 83.3 Å². The fourth-order valence-corrected chi connectivity index (χ4v) is 6.10. The summed E-state index contributed by atoms with van der Waals surface area (Å²) in [7, 11) is 1.98. The minimum Gasteiger partial charge on any atom is -0.457 e. The first-order valence-electron chi connectivity index (χ1n) is 15.1. The maximum Gasteiger partial charge on any atom is 0.333 e. The molecule has 2 saturated heterocycles. The summed E-state index contributed by atoms with van der Waals surface area (Å²) >= 11 is 0. The predicted molar refractivity (Wildman–Crippen MR) is 171 cm³/mol. The van der Waals surface area contributed by atoms with Crippen LogP contribution in [0.4, 0.5) is 5.82 Å². The maximum absolute atomic E-state index is 14.1. The van der Waals surface area contributed by atoms with E-state index in [0.29, 0.717) is 54.4 Å². The maximum atomic E-state index is 14.1. The minimum atomic E-state index is -0.527. The molecule has 11 nitrogen and oxygen atoms in total. The van der Waals surface area contributed by atoms with E-state index in [9.17, 15) is 14.9 Å². The Morgan fingerprint density at radius 1 is 1.16 bits per heavy atom. The van der Waals surface area contributed by atoms with E-state index < -0.39 is 5.54 Å². The number of nitrogens with two attached hydrogens (primary N) is 1. The Morgan fingerprint density at radius 2 is 1.87 bits per heavy atom. The van der Waals surface area contributed by atoms with Crippen molar-refractivity contribution in [1.82, 2.24) is 23.9 Å². The number of hydrogen-bond acceptors (Lipinski definition) is 8. The van der Waals surface area contributed by atoms with Gasteiger partial charge in [0, 0.05) is 24.8 Å². The number of pyridine rings is 1. The quantitative estimate of drug-likeness (QED) is 0.222. The van der Waals surface area contributed by atoms with Crippen LogP contribution in [-0.2, 0) is 16.1 Å². The summed E-state index contributed by atoms with van der Waals surface area (Å²) < 4.78 is 14.5. The van der Waals surface area contributed by atoms with Crippen molar-refractivity contribution in [2.24, 2.45) is 0 Å². The number of nitriles is 1. The molecule has 2 aromatic carbocycles. The van der Waals surface area contributed by atoms with Crippen molar-refractivity contribution in [2.45, 2.75) is 50.9 Å². The molecule has 2 fully saturated rings. The molecule has 0 bridgehead atoms. The summed E-state index contributed by atoms with van der Waals surface area (Å²) in [5.41, 5.74) is 7.35. The standard InChI is InChI=1S/C34H37N7O4/c1-34(2,38(3)26-21-44-22-26)18-23(19-35)32(42)39-17-7-8-25(39)20-40-29-15-16-37-31(36)30(29)41(33(40)43)24-11-13-28(14-12-24)45-27-9-5-4-6-10-27/h4-6,9-16,18,25-26H,7-8,17,20-22H2,1-3H3,(H2,36,37)/b23-18-/t25-/m0/s1. The third-order valence-electron chi connectivity index (χ3n) is 8.90. The van der Waals surface area contributed by atoms with Gasteiger partial charge in [0.2, 0.25) is 0 Å². The fourth-order valence-electron chi connectivity index (χ4n) is 6.10. The van der Waals surface area contributed by atoms with Crippen LogP contribution in [0.2, 0.25) is 0 Å². The van der Waals surface area contributed by atoms with Crippen LogP contribution < -0.4 is 16.2 Å². The van der Waals surface area contributed by atoms with Crippen LogP contribution in [0.25, 0.3) is 16.7 Å². The second kappa shape index (κ2) is 12.2. The first-order valence-corrected chi connectivity index (χ1v) is 15.1. The summed E-state index contributed by atoms with van der Waals surface area (Å²) in [6.07, 6.45) is 4.81.